The molecule has 0 radical (unpaired) electrons. The molecule has 4 aromatic rings. The summed E-state index contributed by atoms with van der Waals surface area (Å²) in [5.74, 6) is 2.84. The molecule has 0 fully saturated rings. The summed E-state index contributed by atoms with van der Waals surface area (Å²) in [4.78, 5) is 13.0. The predicted molar refractivity (Wildman–Crippen MR) is 99.8 cm³/mol. The van der Waals surface area contributed by atoms with Crippen molar-refractivity contribution in [3.63, 3.8) is 0 Å². The zero-order valence-corrected chi connectivity index (χ0v) is 15.6. The Labute approximate surface area is 157 Å². The van der Waals surface area contributed by atoms with Crippen molar-refractivity contribution in [1.29, 1.82) is 0 Å². The minimum Gasteiger partial charge on any atom is -0.493 e. The van der Waals surface area contributed by atoms with E-state index in [4.69, 9.17) is 14.0 Å². The molecule has 0 unspecified atom stereocenters. The number of ether oxygens (including phenoxy) is 2. The van der Waals surface area contributed by atoms with Crippen molar-refractivity contribution in [2.24, 2.45) is 0 Å². The number of hydrogen-bond donors (Lipinski definition) is 0. The first kappa shape index (κ1) is 16.8. The largest absolute Gasteiger partial charge is 0.493 e. The third kappa shape index (κ3) is 3.23. The highest BCUT2D eigenvalue weighted by molar-refractivity contribution is 7.98. The Balaban J connectivity index is 1.52. The molecule has 132 valence electrons. The average Bonchev–Trinajstić information content (AvgIpc) is 3.35. The van der Waals surface area contributed by atoms with Crippen LogP contribution in [0.3, 0.4) is 0 Å². The lowest BCUT2D eigenvalue weighted by Gasteiger charge is -2.07. The van der Waals surface area contributed by atoms with Gasteiger partial charge in [0.1, 0.15) is 11.4 Å². The van der Waals surface area contributed by atoms with Crippen LogP contribution >= 0.6 is 23.1 Å². The first-order valence-electron chi connectivity index (χ1n) is 7.64. The summed E-state index contributed by atoms with van der Waals surface area (Å²) in [6.45, 7) is 0. The molecular weight excluding hydrogens is 372 g/mol. The maximum absolute atomic E-state index is 5.37. The lowest BCUT2D eigenvalue weighted by atomic mass is 10.2. The smallest absolute Gasteiger partial charge is 0.237 e. The molecule has 9 heteroatoms. The molecule has 3 heterocycles. The second-order valence-electron chi connectivity index (χ2n) is 5.18. The number of fused-ring (bicyclic) bond motifs is 1. The molecule has 0 aliphatic carbocycles. The van der Waals surface area contributed by atoms with Crippen molar-refractivity contribution in [2.75, 3.05) is 14.2 Å². The van der Waals surface area contributed by atoms with Crippen LogP contribution in [0.15, 0.2) is 45.5 Å². The predicted octanol–water partition coefficient (Wildman–Crippen LogP) is 4.05. The van der Waals surface area contributed by atoms with E-state index in [-0.39, 0.29) is 0 Å². The van der Waals surface area contributed by atoms with Gasteiger partial charge in [0.2, 0.25) is 11.7 Å². The number of aromatic nitrogens is 4. The van der Waals surface area contributed by atoms with Crippen molar-refractivity contribution in [3.8, 4) is 22.9 Å². The highest BCUT2D eigenvalue weighted by atomic mass is 32.2. The van der Waals surface area contributed by atoms with E-state index in [1.807, 2.05) is 29.6 Å². The fraction of sp³-hybridized carbons (Fsp3) is 0.176. The topological polar surface area (TPSA) is 83.2 Å². The van der Waals surface area contributed by atoms with Crippen LogP contribution in [0, 0.1) is 0 Å². The van der Waals surface area contributed by atoms with Crippen molar-refractivity contribution in [1.82, 2.24) is 20.1 Å². The van der Waals surface area contributed by atoms with Crippen molar-refractivity contribution < 1.29 is 14.0 Å². The van der Waals surface area contributed by atoms with Crippen LogP contribution in [0.4, 0.5) is 0 Å². The molecule has 7 nitrogen and oxygen atoms in total. The molecule has 0 saturated carbocycles. The van der Waals surface area contributed by atoms with E-state index in [1.54, 1.807) is 43.6 Å². The number of methoxy groups -OCH3 is 2. The van der Waals surface area contributed by atoms with E-state index in [0.29, 0.717) is 29.0 Å². The first-order chi connectivity index (χ1) is 12.8. The summed E-state index contributed by atoms with van der Waals surface area (Å²) < 4.78 is 17.0. The normalized spacial score (nSPS) is 11.0. The van der Waals surface area contributed by atoms with E-state index in [1.165, 1.54) is 0 Å². The van der Waals surface area contributed by atoms with Gasteiger partial charge in [-0.25, -0.2) is 9.97 Å². The number of thioether (sulfide) groups is 1. The molecule has 0 N–H and O–H groups in total. The third-order valence-corrected chi connectivity index (χ3v) is 5.67. The minimum atomic E-state index is 0.505. The molecular formula is C17H14N4O3S2. The first-order valence-corrected chi connectivity index (χ1v) is 9.51. The molecule has 0 saturated heterocycles. The van der Waals surface area contributed by atoms with Gasteiger partial charge in [-0.1, -0.05) is 16.9 Å². The Kier molecular flexibility index (Phi) is 4.72. The Morgan fingerprint density at radius 3 is 2.85 bits per heavy atom. The molecule has 0 amide bonds. The van der Waals surface area contributed by atoms with Crippen LogP contribution in [-0.2, 0) is 5.75 Å². The molecule has 26 heavy (non-hydrogen) atoms. The van der Waals surface area contributed by atoms with Gasteiger partial charge in [0.05, 0.1) is 30.2 Å². The zero-order chi connectivity index (χ0) is 17.9. The molecule has 4 rings (SSSR count). The third-order valence-electron chi connectivity index (χ3n) is 3.65. The van der Waals surface area contributed by atoms with Crippen LogP contribution in [0.1, 0.15) is 5.89 Å². The summed E-state index contributed by atoms with van der Waals surface area (Å²) >= 11 is 3.17. The summed E-state index contributed by atoms with van der Waals surface area (Å²) in [6, 6.07) is 7.48. The van der Waals surface area contributed by atoms with Crippen molar-refractivity contribution in [2.45, 2.75) is 10.8 Å². The van der Waals surface area contributed by atoms with Crippen LogP contribution in [0.5, 0.6) is 11.5 Å². The van der Waals surface area contributed by atoms with Crippen molar-refractivity contribution >= 4 is 33.3 Å². The molecule has 0 aliphatic heterocycles. The average molecular weight is 386 g/mol. The van der Waals surface area contributed by atoms with Gasteiger partial charge >= 0.3 is 0 Å². The van der Waals surface area contributed by atoms with Crippen LogP contribution in [-0.4, -0.2) is 34.3 Å². The van der Waals surface area contributed by atoms with Gasteiger partial charge in [0, 0.05) is 5.56 Å². The van der Waals surface area contributed by atoms with E-state index in [9.17, 15) is 0 Å². The maximum atomic E-state index is 5.37. The lowest BCUT2D eigenvalue weighted by Crippen LogP contribution is -1.91. The van der Waals surface area contributed by atoms with Crippen LogP contribution in [0.25, 0.3) is 21.6 Å². The van der Waals surface area contributed by atoms with Gasteiger partial charge in [-0.2, -0.15) is 4.98 Å². The summed E-state index contributed by atoms with van der Waals surface area (Å²) in [5.41, 5.74) is 1.74. The second kappa shape index (κ2) is 7.30. The summed E-state index contributed by atoms with van der Waals surface area (Å²) in [6.07, 6.45) is 1.57. The van der Waals surface area contributed by atoms with Gasteiger partial charge < -0.3 is 14.0 Å². The summed E-state index contributed by atoms with van der Waals surface area (Å²) in [7, 11) is 3.19. The van der Waals surface area contributed by atoms with Gasteiger partial charge in [-0.05, 0) is 29.6 Å². The van der Waals surface area contributed by atoms with Gasteiger partial charge in [-0.15, -0.1) is 11.3 Å². The van der Waals surface area contributed by atoms with Crippen LogP contribution in [0.2, 0.25) is 0 Å². The maximum Gasteiger partial charge on any atom is 0.237 e. The fourth-order valence-corrected chi connectivity index (χ4v) is 4.19. The van der Waals surface area contributed by atoms with Gasteiger partial charge in [-0.3, -0.25) is 0 Å². The number of benzene rings is 1. The molecule has 1 aromatic carbocycles. The summed E-state index contributed by atoms with van der Waals surface area (Å²) in [5, 5.41) is 6.97. The number of thiophene rings is 1. The van der Waals surface area contributed by atoms with Crippen LogP contribution < -0.4 is 9.47 Å². The SMILES string of the molecule is COc1ccc(-c2noc(CSc3ncnc4ccsc34)n2)cc1OC. The highest BCUT2D eigenvalue weighted by Gasteiger charge is 2.13. The highest BCUT2D eigenvalue weighted by Crippen LogP contribution is 2.33. The Morgan fingerprint density at radius 2 is 2.00 bits per heavy atom. The van der Waals surface area contributed by atoms with E-state index in [2.05, 4.69) is 20.1 Å². The molecule has 0 aliphatic rings. The Bertz CT molecular complexity index is 1050. The molecule has 0 atom stereocenters. The quantitative estimate of drug-likeness (QED) is 0.362. The van der Waals surface area contributed by atoms with Crippen molar-refractivity contribution in [3.05, 3.63) is 41.9 Å². The number of nitrogens with zero attached hydrogens (tertiary/aromatic N) is 4. The van der Waals surface area contributed by atoms with E-state index < -0.39 is 0 Å². The lowest BCUT2D eigenvalue weighted by molar-refractivity contribution is 0.355. The number of rotatable bonds is 6. The minimum absolute atomic E-state index is 0.505. The van der Waals surface area contributed by atoms with E-state index >= 15 is 0 Å². The Morgan fingerprint density at radius 1 is 1.12 bits per heavy atom. The molecule has 3 aromatic heterocycles. The second-order valence-corrected chi connectivity index (χ2v) is 7.06. The standard InChI is InChI=1S/C17H14N4O3S2/c1-22-12-4-3-10(7-13(12)23-2)16-20-14(24-21-16)8-26-17-15-11(5-6-25-15)18-9-19-17/h3-7,9H,8H2,1-2H3. The van der Waals surface area contributed by atoms with Gasteiger partial charge in [0.25, 0.3) is 0 Å². The number of hydrogen-bond acceptors (Lipinski definition) is 9. The Hall–Kier alpha value is -2.65. The molecule has 0 bridgehead atoms. The van der Waals surface area contributed by atoms with E-state index in [0.717, 1.165) is 20.8 Å². The fourth-order valence-electron chi connectivity index (χ4n) is 2.41. The zero-order valence-electron chi connectivity index (χ0n) is 14.0. The van der Waals surface area contributed by atoms with Gasteiger partial charge in [0.15, 0.2) is 11.5 Å². The monoisotopic (exact) mass is 386 g/mol. The molecule has 0 spiro atoms.